The highest BCUT2D eigenvalue weighted by molar-refractivity contribution is 6.69. The topological polar surface area (TPSA) is 46.2 Å². The first-order valence-electron chi connectivity index (χ1n) is 5.97. The molecule has 0 bridgehead atoms. The first-order valence-corrected chi connectivity index (χ1v) is 11.6. The predicted octanol–water partition coefficient (Wildman–Crippen LogP) is 0.863. The minimum Gasteiger partial charge on any atom is -0.376 e. The van der Waals surface area contributed by atoms with Crippen molar-refractivity contribution < 1.29 is 22.4 Å². The molecule has 0 N–H and O–H groups in total. The Morgan fingerprint density at radius 3 is 1.35 bits per heavy atom. The largest absolute Gasteiger partial charge is 0.484 e. The van der Waals surface area contributed by atoms with Crippen molar-refractivity contribution in [2.45, 2.75) is 40.4 Å². The first-order chi connectivity index (χ1) is 7.91. The molecule has 106 valence electrons. The van der Waals surface area contributed by atoms with Gasteiger partial charge in [0.15, 0.2) is 10.5 Å². The van der Waals surface area contributed by atoms with Crippen LogP contribution in [0, 0.1) is 0 Å². The van der Waals surface area contributed by atoms with Gasteiger partial charge in [0.1, 0.15) is 0 Å². The van der Waals surface area contributed by atoms with Crippen LogP contribution in [0.25, 0.3) is 0 Å². The highest BCUT2D eigenvalue weighted by Crippen LogP contribution is 2.00. The molecule has 0 saturated heterocycles. The zero-order valence-electron chi connectivity index (χ0n) is 12.2. The Balaban J connectivity index is 0. The van der Waals surface area contributed by atoms with Crippen molar-refractivity contribution in [2.75, 3.05) is 19.8 Å². The van der Waals surface area contributed by atoms with E-state index >= 15 is 0 Å². The third kappa shape index (κ3) is 19.0. The fraction of sp³-hybridized carbons (Fsp3) is 1.00. The van der Waals surface area contributed by atoms with Crippen molar-refractivity contribution in [3.05, 3.63) is 0 Å². The smallest absolute Gasteiger partial charge is 0.376 e. The molecule has 17 heavy (non-hydrogen) atoms. The summed E-state index contributed by atoms with van der Waals surface area (Å²) < 4.78 is 25.2. The fourth-order valence-corrected chi connectivity index (χ4v) is 3.91. The molecule has 5 nitrogen and oxygen atoms in total. The van der Waals surface area contributed by atoms with Crippen molar-refractivity contribution in [2.24, 2.45) is 0 Å². The van der Waals surface area contributed by atoms with Crippen LogP contribution < -0.4 is 0 Å². The molecule has 0 radical (unpaired) electrons. The van der Waals surface area contributed by atoms with E-state index in [9.17, 15) is 0 Å². The lowest BCUT2D eigenvalue weighted by Crippen LogP contribution is -2.27. The van der Waals surface area contributed by atoms with Gasteiger partial charge in [0.2, 0.25) is 8.32 Å². The van der Waals surface area contributed by atoms with Crippen LogP contribution in [0.5, 0.6) is 0 Å². The van der Waals surface area contributed by atoms with E-state index in [1.54, 1.807) is 0 Å². The number of rotatable bonds is 8. The van der Waals surface area contributed by atoms with Gasteiger partial charge in [-0.05, 0) is 40.4 Å². The van der Waals surface area contributed by atoms with E-state index in [2.05, 4.69) is 24.2 Å². The van der Waals surface area contributed by atoms with Crippen LogP contribution in [0.2, 0.25) is 19.6 Å². The molecule has 0 aliphatic heterocycles. The average molecular weight is 301 g/mol. The second kappa shape index (κ2) is 12.9. The lowest BCUT2D eigenvalue weighted by atomic mass is 10.9. The quantitative estimate of drug-likeness (QED) is 0.378. The Kier molecular flexibility index (Phi) is 15.0. The lowest BCUT2D eigenvalue weighted by molar-refractivity contribution is -0.105. The van der Waals surface area contributed by atoms with Crippen molar-refractivity contribution in [3.63, 3.8) is 0 Å². The molecule has 8 heteroatoms. The summed E-state index contributed by atoms with van der Waals surface area (Å²) in [5.41, 5.74) is 0. The summed E-state index contributed by atoms with van der Waals surface area (Å²) in [6.45, 7) is 14.1. The third-order valence-electron chi connectivity index (χ3n) is 1.24. The maximum absolute atomic E-state index is 5.22. The molecule has 0 aliphatic rings. The Morgan fingerprint density at radius 2 is 1.24 bits per heavy atom. The van der Waals surface area contributed by atoms with Crippen molar-refractivity contribution in [1.29, 1.82) is 0 Å². The third-order valence-corrected chi connectivity index (χ3v) is 4.22. The number of hydrogen-bond acceptors (Lipinski definition) is 5. The molecular weight excluding hydrogens is 272 g/mol. The molecule has 0 saturated carbocycles. The number of hydrogen-bond donors (Lipinski definition) is 0. The van der Waals surface area contributed by atoms with Crippen molar-refractivity contribution >= 4 is 28.3 Å². The molecule has 0 unspecified atom stereocenters. The van der Waals surface area contributed by atoms with Gasteiger partial charge in [0.25, 0.3) is 0 Å². The van der Waals surface area contributed by atoms with E-state index in [0.717, 1.165) is 0 Å². The summed E-state index contributed by atoms with van der Waals surface area (Å²) >= 11 is 0. The van der Waals surface area contributed by atoms with Gasteiger partial charge in [-0.1, -0.05) is 0 Å². The maximum Gasteiger partial charge on any atom is 0.484 e. The summed E-state index contributed by atoms with van der Waals surface area (Å²) in [6, 6.07) is 0. The van der Waals surface area contributed by atoms with Gasteiger partial charge in [0, 0.05) is 19.8 Å². The Labute approximate surface area is 111 Å². The molecule has 0 rings (SSSR count). The summed E-state index contributed by atoms with van der Waals surface area (Å²) in [6.07, 6.45) is 0. The molecule has 0 aromatic rings. The van der Waals surface area contributed by atoms with Crippen LogP contribution in [-0.4, -0.2) is 48.2 Å². The van der Waals surface area contributed by atoms with E-state index in [1.165, 1.54) is 0 Å². The Morgan fingerprint density at radius 1 is 0.882 bits per heavy atom. The molecule has 0 aromatic heterocycles. The molecule has 0 fully saturated rings. The highest BCUT2D eigenvalue weighted by atomic mass is 28.4. The summed E-state index contributed by atoms with van der Waals surface area (Å²) in [4.78, 5) is 0. The van der Waals surface area contributed by atoms with Crippen LogP contribution in [0.15, 0.2) is 0 Å². The van der Waals surface area contributed by atoms with Crippen LogP contribution in [0.3, 0.4) is 0 Å². The fourth-order valence-electron chi connectivity index (χ4n) is 0.803. The summed E-state index contributed by atoms with van der Waals surface area (Å²) in [5, 5.41) is 0. The van der Waals surface area contributed by atoms with Gasteiger partial charge >= 0.3 is 9.53 Å². The monoisotopic (exact) mass is 300 g/mol. The van der Waals surface area contributed by atoms with Gasteiger partial charge < -0.3 is 17.9 Å². The zero-order valence-corrected chi connectivity index (χ0v) is 16.4. The van der Waals surface area contributed by atoms with E-state index in [0.29, 0.717) is 30.3 Å². The molecule has 0 spiro atoms. The van der Waals surface area contributed by atoms with Crippen molar-refractivity contribution in [3.8, 4) is 0 Å². The van der Waals surface area contributed by atoms with Gasteiger partial charge in [0.05, 0.1) is 0 Å². The summed E-state index contributed by atoms with van der Waals surface area (Å²) in [5.74, 6) is 0. The first kappa shape index (κ1) is 19.8. The minimum absolute atomic E-state index is 0.677. The Hall–Kier alpha value is 0.451. The minimum atomic E-state index is -1.73. The Bertz CT molecular complexity index is 140. The SMILES string of the molecule is CCO[SiH](OCC)OCC.C[Si](C)(C)OO[SiH3]. The zero-order chi connectivity index (χ0) is 13.7. The average Bonchev–Trinajstić information content (AvgIpc) is 2.18. The van der Waals surface area contributed by atoms with E-state index in [-0.39, 0.29) is 0 Å². The van der Waals surface area contributed by atoms with Crippen LogP contribution in [-0.2, 0) is 22.4 Å². The van der Waals surface area contributed by atoms with Crippen molar-refractivity contribution in [1.82, 2.24) is 0 Å². The second-order valence-electron chi connectivity index (χ2n) is 4.02. The predicted molar refractivity (Wildman–Crippen MR) is 77.5 cm³/mol. The molecule has 0 aliphatic carbocycles. The molecule has 0 atom stereocenters. The molecule has 0 aromatic carbocycles. The van der Waals surface area contributed by atoms with Gasteiger partial charge in [-0.15, -0.1) is 0 Å². The molecule has 0 heterocycles. The highest BCUT2D eigenvalue weighted by Gasteiger charge is 2.13. The van der Waals surface area contributed by atoms with Gasteiger partial charge in [-0.3, -0.25) is 4.58 Å². The van der Waals surface area contributed by atoms with Crippen LogP contribution >= 0.6 is 0 Å². The summed E-state index contributed by atoms with van der Waals surface area (Å²) in [7, 11) is -2.40. The van der Waals surface area contributed by atoms with Crippen LogP contribution in [0.1, 0.15) is 20.8 Å². The lowest BCUT2D eigenvalue weighted by Gasteiger charge is -2.12. The maximum atomic E-state index is 5.22. The second-order valence-corrected chi connectivity index (χ2v) is 10.3. The van der Waals surface area contributed by atoms with Gasteiger partial charge in [-0.25, -0.2) is 0 Å². The van der Waals surface area contributed by atoms with E-state index in [4.69, 9.17) is 17.9 Å². The molecule has 0 amide bonds. The van der Waals surface area contributed by atoms with E-state index in [1.807, 2.05) is 20.8 Å². The van der Waals surface area contributed by atoms with Crippen LogP contribution in [0.4, 0.5) is 0 Å². The van der Waals surface area contributed by atoms with E-state index < -0.39 is 17.8 Å². The molecular formula is C9H28O5Si3. The normalized spacial score (nSPS) is 11.5. The van der Waals surface area contributed by atoms with Gasteiger partial charge in [-0.2, -0.15) is 0 Å². The standard InChI is InChI=1S/C6H16O3Si.C3H12O2Si2/c1-4-7-10(8-5-2)9-6-3;1-7(2,3)5-4-6/h10H,4-6H2,1-3H3;1-3,6H3.